The quantitative estimate of drug-likeness (QED) is 0.929. The summed E-state index contributed by atoms with van der Waals surface area (Å²) < 4.78 is 5.24. The Balaban J connectivity index is 2.32. The first-order valence-corrected chi connectivity index (χ1v) is 6.71. The standard InChI is InChI=1S/C17H21NO2/c1-17(2,3)13-9-7-12(8-10-13)16(19)15-14(20-4)6-5-11-18-15/h5-11,16,19H,1-4H3. The molecule has 3 nitrogen and oxygen atoms in total. The zero-order valence-electron chi connectivity index (χ0n) is 12.4. The molecule has 1 N–H and O–H groups in total. The van der Waals surface area contributed by atoms with Gasteiger partial charge >= 0.3 is 0 Å². The van der Waals surface area contributed by atoms with Gasteiger partial charge in [-0.2, -0.15) is 0 Å². The molecule has 3 heteroatoms. The average molecular weight is 271 g/mol. The Kier molecular flexibility index (Phi) is 4.09. The van der Waals surface area contributed by atoms with Crippen LogP contribution in [0.1, 0.15) is 43.7 Å². The summed E-state index contributed by atoms with van der Waals surface area (Å²) in [6.45, 7) is 6.50. The van der Waals surface area contributed by atoms with Crippen molar-refractivity contribution in [3.63, 3.8) is 0 Å². The number of benzene rings is 1. The van der Waals surface area contributed by atoms with Crippen LogP contribution in [0.4, 0.5) is 0 Å². The number of ether oxygens (including phenoxy) is 1. The summed E-state index contributed by atoms with van der Waals surface area (Å²) in [7, 11) is 1.58. The zero-order valence-corrected chi connectivity index (χ0v) is 12.4. The van der Waals surface area contributed by atoms with Gasteiger partial charge in [0.1, 0.15) is 17.5 Å². The van der Waals surface area contributed by atoms with Crippen molar-refractivity contribution < 1.29 is 9.84 Å². The van der Waals surface area contributed by atoms with Crippen LogP contribution in [0.25, 0.3) is 0 Å². The number of aromatic nitrogens is 1. The predicted octanol–water partition coefficient (Wildman–Crippen LogP) is 3.47. The summed E-state index contributed by atoms with van der Waals surface area (Å²) in [5.74, 6) is 0.597. The summed E-state index contributed by atoms with van der Waals surface area (Å²) in [5, 5.41) is 10.5. The van der Waals surface area contributed by atoms with Gasteiger partial charge in [-0.1, -0.05) is 45.0 Å². The Morgan fingerprint density at radius 3 is 2.30 bits per heavy atom. The van der Waals surface area contributed by atoms with Crippen molar-refractivity contribution in [1.82, 2.24) is 4.98 Å². The second-order valence-electron chi connectivity index (χ2n) is 5.87. The molecule has 0 saturated heterocycles. The Labute approximate surface area is 120 Å². The third kappa shape index (κ3) is 2.99. The van der Waals surface area contributed by atoms with Crippen LogP contribution in [0, 0.1) is 0 Å². The molecule has 0 aliphatic rings. The number of methoxy groups -OCH3 is 1. The Morgan fingerprint density at radius 2 is 1.75 bits per heavy atom. The molecule has 0 aliphatic heterocycles. The highest BCUT2D eigenvalue weighted by Crippen LogP contribution is 2.29. The molecule has 0 saturated carbocycles. The molecule has 0 amide bonds. The van der Waals surface area contributed by atoms with Gasteiger partial charge < -0.3 is 9.84 Å². The number of pyridine rings is 1. The molecule has 1 atom stereocenters. The fourth-order valence-electron chi connectivity index (χ4n) is 2.10. The van der Waals surface area contributed by atoms with E-state index in [1.807, 2.05) is 24.3 Å². The van der Waals surface area contributed by atoms with Crippen LogP contribution < -0.4 is 4.74 Å². The van der Waals surface area contributed by atoms with Gasteiger partial charge in [-0.15, -0.1) is 0 Å². The molecular weight excluding hydrogens is 250 g/mol. The maximum absolute atomic E-state index is 10.5. The predicted molar refractivity (Wildman–Crippen MR) is 80.0 cm³/mol. The molecule has 0 aliphatic carbocycles. The van der Waals surface area contributed by atoms with Crippen LogP contribution in [-0.2, 0) is 5.41 Å². The molecule has 1 aromatic heterocycles. The van der Waals surface area contributed by atoms with Crippen molar-refractivity contribution in [2.75, 3.05) is 7.11 Å². The third-order valence-electron chi connectivity index (χ3n) is 3.37. The number of aliphatic hydroxyl groups is 1. The summed E-state index contributed by atoms with van der Waals surface area (Å²) >= 11 is 0. The van der Waals surface area contributed by atoms with E-state index in [1.54, 1.807) is 25.4 Å². The van der Waals surface area contributed by atoms with Crippen molar-refractivity contribution in [3.8, 4) is 5.75 Å². The lowest BCUT2D eigenvalue weighted by molar-refractivity contribution is 0.209. The van der Waals surface area contributed by atoms with E-state index in [4.69, 9.17) is 4.74 Å². The Morgan fingerprint density at radius 1 is 1.10 bits per heavy atom. The lowest BCUT2D eigenvalue weighted by atomic mass is 9.86. The van der Waals surface area contributed by atoms with Crippen LogP contribution in [0.2, 0.25) is 0 Å². The van der Waals surface area contributed by atoms with Crippen LogP contribution in [0.3, 0.4) is 0 Å². The summed E-state index contributed by atoms with van der Waals surface area (Å²) in [4.78, 5) is 4.22. The van der Waals surface area contributed by atoms with Crippen molar-refractivity contribution >= 4 is 0 Å². The maximum Gasteiger partial charge on any atom is 0.143 e. The van der Waals surface area contributed by atoms with Gasteiger partial charge in [0.15, 0.2) is 0 Å². The second kappa shape index (κ2) is 5.63. The highest BCUT2D eigenvalue weighted by atomic mass is 16.5. The van der Waals surface area contributed by atoms with E-state index in [0.29, 0.717) is 11.4 Å². The van der Waals surface area contributed by atoms with Crippen LogP contribution >= 0.6 is 0 Å². The first-order chi connectivity index (χ1) is 9.43. The van der Waals surface area contributed by atoms with Gasteiger partial charge in [0.25, 0.3) is 0 Å². The van der Waals surface area contributed by atoms with Crippen LogP contribution in [0.15, 0.2) is 42.6 Å². The van der Waals surface area contributed by atoms with Gasteiger partial charge in [0.2, 0.25) is 0 Å². The number of hydrogen-bond acceptors (Lipinski definition) is 3. The SMILES string of the molecule is COc1cccnc1C(O)c1ccc(C(C)(C)C)cc1. The largest absolute Gasteiger partial charge is 0.495 e. The van der Waals surface area contributed by atoms with E-state index in [1.165, 1.54) is 5.56 Å². The Bertz CT molecular complexity index is 570. The van der Waals surface area contributed by atoms with Gasteiger partial charge in [-0.3, -0.25) is 4.98 Å². The molecular formula is C17H21NO2. The molecule has 0 fully saturated rings. The number of hydrogen-bond donors (Lipinski definition) is 1. The van der Waals surface area contributed by atoms with Crippen LogP contribution in [-0.4, -0.2) is 17.2 Å². The summed E-state index contributed by atoms with van der Waals surface area (Å²) in [6.07, 6.45) is 0.880. The fourth-order valence-corrected chi connectivity index (χ4v) is 2.10. The van der Waals surface area contributed by atoms with E-state index in [9.17, 15) is 5.11 Å². The smallest absolute Gasteiger partial charge is 0.143 e. The van der Waals surface area contributed by atoms with Gasteiger partial charge in [0.05, 0.1) is 7.11 Å². The summed E-state index contributed by atoms with van der Waals surface area (Å²) in [6, 6.07) is 11.6. The third-order valence-corrected chi connectivity index (χ3v) is 3.37. The maximum atomic E-state index is 10.5. The normalized spacial score (nSPS) is 13.1. The molecule has 2 rings (SSSR count). The molecule has 1 unspecified atom stereocenters. The molecule has 0 spiro atoms. The molecule has 106 valence electrons. The average Bonchev–Trinajstić information content (AvgIpc) is 2.45. The van der Waals surface area contributed by atoms with E-state index >= 15 is 0 Å². The molecule has 2 aromatic rings. The highest BCUT2D eigenvalue weighted by Gasteiger charge is 2.18. The Hall–Kier alpha value is -1.87. The highest BCUT2D eigenvalue weighted by molar-refractivity contribution is 5.37. The van der Waals surface area contributed by atoms with E-state index in [0.717, 1.165) is 5.56 Å². The van der Waals surface area contributed by atoms with E-state index < -0.39 is 6.10 Å². The van der Waals surface area contributed by atoms with Crippen molar-refractivity contribution in [3.05, 3.63) is 59.4 Å². The number of nitrogens with zero attached hydrogens (tertiary/aromatic N) is 1. The topological polar surface area (TPSA) is 42.4 Å². The fraction of sp³-hybridized carbons (Fsp3) is 0.353. The number of rotatable bonds is 3. The molecule has 1 heterocycles. The summed E-state index contributed by atoms with van der Waals surface area (Å²) in [5.41, 5.74) is 2.70. The zero-order chi connectivity index (χ0) is 14.8. The minimum absolute atomic E-state index is 0.103. The van der Waals surface area contributed by atoms with Crippen molar-refractivity contribution in [1.29, 1.82) is 0 Å². The molecule has 20 heavy (non-hydrogen) atoms. The monoisotopic (exact) mass is 271 g/mol. The first-order valence-electron chi connectivity index (χ1n) is 6.71. The van der Waals surface area contributed by atoms with E-state index in [2.05, 4.69) is 25.8 Å². The molecule has 1 aromatic carbocycles. The second-order valence-corrected chi connectivity index (χ2v) is 5.87. The lowest BCUT2D eigenvalue weighted by Crippen LogP contribution is -2.11. The minimum Gasteiger partial charge on any atom is -0.495 e. The number of aliphatic hydroxyl groups excluding tert-OH is 1. The van der Waals surface area contributed by atoms with Crippen LogP contribution in [0.5, 0.6) is 5.75 Å². The van der Waals surface area contributed by atoms with Gasteiger partial charge in [-0.25, -0.2) is 0 Å². The minimum atomic E-state index is -0.778. The van der Waals surface area contributed by atoms with Gasteiger partial charge in [-0.05, 0) is 28.7 Å². The first kappa shape index (κ1) is 14.5. The van der Waals surface area contributed by atoms with Crippen molar-refractivity contribution in [2.24, 2.45) is 0 Å². The molecule has 0 radical (unpaired) electrons. The van der Waals surface area contributed by atoms with Crippen molar-refractivity contribution in [2.45, 2.75) is 32.3 Å². The molecule has 0 bridgehead atoms. The van der Waals surface area contributed by atoms with E-state index in [-0.39, 0.29) is 5.41 Å². The van der Waals surface area contributed by atoms with Gasteiger partial charge in [0, 0.05) is 6.20 Å². The lowest BCUT2D eigenvalue weighted by Gasteiger charge is -2.20.